The zero-order valence-corrected chi connectivity index (χ0v) is 9.84. The van der Waals surface area contributed by atoms with Gasteiger partial charge >= 0.3 is 0 Å². The van der Waals surface area contributed by atoms with E-state index in [-0.39, 0.29) is 0 Å². The number of anilines is 1. The first-order valence-electron chi connectivity index (χ1n) is 6.19. The summed E-state index contributed by atoms with van der Waals surface area (Å²) >= 11 is 0. The Hall–Kier alpha value is -1.83. The third-order valence-electron chi connectivity index (χ3n) is 3.31. The summed E-state index contributed by atoms with van der Waals surface area (Å²) in [4.78, 5) is 6.63. The first-order chi connectivity index (χ1) is 8.43. The summed E-state index contributed by atoms with van der Waals surface area (Å²) in [6.07, 6.45) is 6.37. The Labute approximate surface area is 102 Å². The van der Waals surface area contributed by atoms with Crippen LogP contribution in [0.1, 0.15) is 12.8 Å². The summed E-state index contributed by atoms with van der Waals surface area (Å²) in [5, 5.41) is 0. The Balaban J connectivity index is 1.94. The molecule has 0 unspecified atom stereocenters. The van der Waals surface area contributed by atoms with E-state index in [0.717, 1.165) is 0 Å². The smallest absolute Gasteiger partial charge is 0.0372 e. The Morgan fingerprint density at radius 2 is 1.76 bits per heavy atom. The maximum atomic E-state index is 4.17. The Morgan fingerprint density at radius 1 is 0.941 bits per heavy atom. The lowest BCUT2D eigenvalue weighted by Gasteiger charge is -2.18. The minimum Gasteiger partial charge on any atom is -0.372 e. The van der Waals surface area contributed by atoms with Crippen LogP contribution in [0.3, 0.4) is 0 Å². The molecule has 3 rings (SSSR count). The molecule has 1 aromatic heterocycles. The van der Waals surface area contributed by atoms with Crippen LogP contribution >= 0.6 is 0 Å². The van der Waals surface area contributed by atoms with Crippen LogP contribution in [0, 0.1) is 0 Å². The highest BCUT2D eigenvalue weighted by atomic mass is 15.1. The number of pyridine rings is 1. The van der Waals surface area contributed by atoms with E-state index < -0.39 is 0 Å². The van der Waals surface area contributed by atoms with Crippen molar-refractivity contribution in [2.75, 3.05) is 18.0 Å². The van der Waals surface area contributed by atoms with Gasteiger partial charge < -0.3 is 4.90 Å². The number of hydrogen-bond donors (Lipinski definition) is 0. The van der Waals surface area contributed by atoms with Crippen molar-refractivity contribution in [2.24, 2.45) is 0 Å². The number of rotatable bonds is 2. The predicted molar refractivity (Wildman–Crippen MR) is 71.1 cm³/mol. The van der Waals surface area contributed by atoms with Crippen molar-refractivity contribution in [1.29, 1.82) is 0 Å². The molecule has 17 heavy (non-hydrogen) atoms. The molecule has 86 valence electrons. The third-order valence-corrected chi connectivity index (χ3v) is 3.31. The minimum atomic E-state index is 1.19. The predicted octanol–water partition coefficient (Wildman–Crippen LogP) is 3.35. The Kier molecular flexibility index (Phi) is 2.78. The van der Waals surface area contributed by atoms with Gasteiger partial charge in [0.2, 0.25) is 0 Å². The average molecular weight is 224 g/mol. The molecule has 2 aromatic rings. The van der Waals surface area contributed by atoms with E-state index in [9.17, 15) is 0 Å². The fraction of sp³-hybridized carbons (Fsp3) is 0.267. The molecule has 1 aliphatic rings. The van der Waals surface area contributed by atoms with E-state index in [1.165, 1.54) is 42.7 Å². The van der Waals surface area contributed by atoms with Crippen molar-refractivity contribution in [3.8, 4) is 11.1 Å². The van der Waals surface area contributed by atoms with Crippen LogP contribution in [0.25, 0.3) is 11.1 Å². The number of nitrogens with zero attached hydrogens (tertiary/aromatic N) is 2. The highest BCUT2D eigenvalue weighted by Gasteiger charge is 2.12. The molecular weight excluding hydrogens is 208 g/mol. The molecule has 0 atom stereocenters. The first-order valence-corrected chi connectivity index (χ1v) is 6.19. The number of benzene rings is 1. The van der Waals surface area contributed by atoms with E-state index >= 15 is 0 Å². The lowest BCUT2D eigenvalue weighted by atomic mass is 10.1. The molecular formula is C15H16N2. The highest BCUT2D eigenvalue weighted by Crippen LogP contribution is 2.26. The van der Waals surface area contributed by atoms with Crippen molar-refractivity contribution in [3.63, 3.8) is 0 Å². The molecule has 0 spiro atoms. The largest absolute Gasteiger partial charge is 0.372 e. The molecule has 0 N–H and O–H groups in total. The maximum Gasteiger partial charge on any atom is 0.0372 e. The lowest BCUT2D eigenvalue weighted by molar-refractivity contribution is 0.949. The van der Waals surface area contributed by atoms with Crippen molar-refractivity contribution >= 4 is 5.69 Å². The van der Waals surface area contributed by atoms with Crippen LogP contribution in [0.2, 0.25) is 0 Å². The van der Waals surface area contributed by atoms with Crippen molar-refractivity contribution < 1.29 is 0 Å². The number of aromatic nitrogens is 1. The Morgan fingerprint density at radius 3 is 2.53 bits per heavy atom. The maximum absolute atomic E-state index is 4.17. The zero-order valence-electron chi connectivity index (χ0n) is 9.84. The van der Waals surface area contributed by atoms with Crippen LogP contribution in [-0.2, 0) is 0 Å². The molecule has 2 nitrogen and oxygen atoms in total. The van der Waals surface area contributed by atoms with Crippen molar-refractivity contribution in [2.45, 2.75) is 12.8 Å². The SMILES string of the molecule is c1cncc(-c2cccc(N3CCCC3)c2)c1. The molecule has 1 aliphatic heterocycles. The normalized spacial score (nSPS) is 15.2. The number of hydrogen-bond acceptors (Lipinski definition) is 2. The van der Waals surface area contributed by atoms with Gasteiger partial charge in [0.15, 0.2) is 0 Å². The van der Waals surface area contributed by atoms with Crippen molar-refractivity contribution in [1.82, 2.24) is 4.98 Å². The second kappa shape index (κ2) is 4.58. The third kappa shape index (κ3) is 2.16. The van der Waals surface area contributed by atoms with Crippen LogP contribution in [-0.4, -0.2) is 18.1 Å². The molecule has 1 saturated heterocycles. The monoisotopic (exact) mass is 224 g/mol. The van der Waals surface area contributed by atoms with E-state index in [1.807, 2.05) is 18.5 Å². The van der Waals surface area contributed by atoms with Crippen LogP contribution in [0.5, 0.6) is 0 Å². The fourth-order valence-electron chi connectivity index (χ4n) is 2.39. The summed E-state index contributed by atoms with van der Waals surface area (Å²) in [5.41, 5.74) is 3.78. The fourth-order valence-corrected chi connectivity index (χ4v) is 2.39. The summed E-state index contributed by atoms with van der Waals surface area (Å²) in [5.74, 6) is 0. The van der Waals surface area contributed by atoms with Gasteiger partial charge in [-0.2, -0.15) is 0 Å². The van der Waals surface area contributed by atoms with Gasteiger partial charge in [-0.3, -0.25) is 4.98 Å². The van der Waals surface area contributed by atoms with Gasteiger partial charge in [-0.15, -0.1) is 0 Å². The quantitative estimate of drug-likeness (QED) is 0.777. The second-order valence-electron chi connectivity index (χ2n) is 4.49. The lowest BCUT2D eigenvalue weighted by Crippen LogP contribution is -2.17. The molecule has 0 saturated carbocycles. The molecule has 0 bridgehead atoms. The summed E-state index contributed by atoms with van der Waals surface area (Å²) in [6, 6.07) is 12.8. The molecule has 0 amide bonds. The van der Waals surface area contributed by atoms with Crippen LogP contribution in [0.15, 0.2) is 48.8 Å². The molecule has 1 aromatic carbocycles. The van der Waals surface area contributed by atoms with Crippen molar-refractivity contribution in [3.05, 3.63) is 48.8 Å². The van der Waals surface area contributed by atoms with Gasteiger partial charge in [0.1, 0.15) is 0 Å². The zero-order chi connectivity index (χ0) is 11.5. The first kappa shape index (κ1) is 10.3. The second-order valence-corrected chi connectivity index (χ2v) is 4.49. The van der Waals surface area contributed by atoms with Gasteiger partial charge in [0, 0.05) is 36.7 Å². The molecule has 0 aliphatic carbocycles. The average Bonchev–Trinajstić information content (AvgIpc) is 2.94. The van der Waals surface area contributed by atoms with E-state index in [0.29, 0.717) is 0 Å². The minimum absolute atomic E-state index is 1.19. The van der Waals surface area contributed by atoms with Gasteiger partial charge in [0.05, 0.1) is 0 Å². The molecule has 1 fully saturated rings. The van der Waals surface area contributed by atoms with Gasteiger partial charge in [-0.05, 0) is 36.6 Å². The highest BCUT2D eigenvalue weighted by molar-refractivity contribution is 5.67. The summed E-state index contributed by atoms with van der Waals surface area (Å²) in [6.45, 7) is 2.38. The molecule has 0 radical (unpaired) electrons. The van der Waals surface area contributed by atoms with E-state index in [1.54, 1.807) is 0 Å². The van der Waals surface area contributed by atoms with Crippen LogP contribution in [0.4, 0.5) is 5.69 Å². The van der Waals surface area contributed by atoms with Crippen LogP contribution < -0.4 is 4.90 Å². The summed E-state index contributed by atoms with van der Waals surface area (Å²) in [7, 11) is 0. The standard InChI is InChI=1S/C15H16N2/c1-2-10-17(9-1)15-7-3-5-13(11-15)14-6-4-8-16-12-14/h3-8,11-12H,1-2,9-10H2. The Bertz CT molecular complexity index is 487. The van der Waals surface area contributed by atoms with E-state index in [2.05, 4.69) is 40.2 Å². The van der Waals surface area contributed by atoms with E-state index in [4.69, 9.17) is 0 Å². The summed E-state index contributed by atoms with van der Waals surface area (Å²) < 4.78 is 0. The topological polar surface area (TPSA) is 16.1 Å². The van der Waals surface area contributed by atoms with Gasteiger partial charge in [-0.1, -0.05) is 18.2 Å². The molecule has 2 heteroatoms. The van der Waals surface area contributed by atoms with Gasteiger partial charge in [0.25, 0.3) is 0 Å². The van der Waals surface area contributed by atoms with Gasteiger partial charge in [-0.25, -0.2) is 0 Å². The molecule has 2 heterocycles.